The van der Waals surface area contributed by atoms with Crippen LogP contribution in [0, 0.1) is 0 Å². The molecule has 1 aromatic carbocycles. The van der Waals surface area contributed by atoms with Crippen molar-refractivity contribution < 1.29 is 4.79 Å². The molecule has 2 aliphatic rings. The lowest BCUT2D eigenvalue weighted by Gasteiger charge is -2.27. The van der Waals surface area contributed by atoms with Crippen LogP contribution in [0.5, 0.6) is 0 Å². The molecule has 1 amide bonds. The van der Waals surface area contributed by atoms with Crippen LogP contribution in [0.2, 0.25) is 0 Å². The van der Waals surface area contributed by atoms with Gasteiger partial charge < -0.3 is 9.88 Å². The lowest BCUT2D eigenvalue weighted by atomic mass is 10.1. The summed E-state index contributed by atoms with van der Waals surface area (Å²) in [5, 5.41) is 3.22. The van der Waals surface area contributed by atoms with Gasteiger partial charge in [0.15, 0.2) is 0 Å². The van der Waals surface area contributed by atoms with E-state index in [0.717, 1.165) is 44.6 Å². The highest BCUT2D eigenvalue weighted by molar-refractivity contribution is 5.93. The van der Waals surface area contributed by atoms with Crippen molar-refractivity contribution in [3.8, 4) is 0 Å². The first-order valence-electron chi connectivity index (χ1n) is 9.45. The Hall–Kier alpha value is -2.07. The molecule has 4 heteroatoms. The van der Waals surface area contributed by atoms with Gasteiger partial charge >= 0.3 is 0 Å². The molecule has 4 nitrogen and oxygen atoms in total. The molecule has 0 bridgehead atoms. The molecule has 0 spiro atoms. The van der Waals surface area contributed by atoms with E-state index in [1.807, 2.05) is 7.05 Å². The fourth-order valence-electron chi connectivity index (χ4n) is 4.28. The number of carbonyl (C=O) groups excluding carboxylic acids is 1. The fourth-order valence-corrected chi connectivity index (χ4v) is 4.28. The normalized spacial score (nSPS) is 18.3. The van der Waals surface area contributed by atoms with Crippen molar-refractivity contribution in [3.63, 3.8) is 0 Å². The van der Waals surface area contributed by atoms with Crippen LogP contribution in [0.25, 0.3) is 0 Å². The summed E-state index contributed by atoms with van der Waals surface area (Å²) in [7, 11) is 2.04. The predicted molar refractivity (Wildman–Crippen MR) is 99.4 cm³/mol. The van der Waals surface area contributed by atoms with Gasteiger partial charge in [-0.05, 0) is 30.0 Å². The van der Waals surface area contributed by atoms with Crippen molar-refractivity contribution in [1.82, 2.24) is 14.8 Å². The van der Waals surface area contributed by atoms with Gasteiger partial charge in [0.05, 0.1) is 0 Å². The van der Waals surface area contributed by atoms with E-state index in [1.54, 1.807) is 0 Å². The van der Waals surface area contributed by atoms with Crippen molar-refractivity contribution in [1.29, 1.82) is 0 Å². The van der Waals surface area contributed by atoms with Gasteiger partial charge in [0.25, 0.3) is 5.91 Å². The molecule has 132 valence electrons. The minimum Gasteiger partial charge on any atom is -0.348 e. The molecule has 1 aliphatic heterocycles. The van der Waals surface area contributed by atoms with Crippen molar-refractivity contribution in [2.45, 2.75) is 51.2 Å². The van der Waals surface area contributed by atoms with Crippen LogP contribution in [0.15, 0.2) is 36.4 Å². The third-order valence-corrected chi connectivity index (χ3v) is 5.68. The first-order valence-corrected chi connectivity index (χ1v) is 9.45. The van der Waals surface area contributed by atoms with Crippen LogP contribution in [-0.4, -0.2) is 28.0 Å². The monoisotopic (exact) mass is 337 g/mol. The number of benzene rings is 1. The molecule has 0 unspecified atom stereocenters. The van der Waals surface area contributed by atoms with E-state index in [9.17, 15) is 4.79 Å². The minimum atomic E-state index is 0.0957. The number of aromatic nitrogens is 1. The Labute approximate surface area is 149 Å². The second kappa shape index (κ2) is 7.04. The number of nitrogens with zero attached hydrogens (tertiary/aromatic N) is 2. The molecule has 1 aliphatic carbocycles. The molecule has 1 N–H and O–H groups in total. The van der Waals surface area contributed by atoms with Gasteiger partial charge in [-0.15, -0.1) is 0 Å². The van der Waals surface area contributed by atoms with Crippen LogP contribution < -0.4 is 5.32 Å². The molecule has 1 saturated carbocycles. The van der Waals surface area contributed by atoms with E-state index in [1.165, 1.54) is 29.7 Å². The molecule has 0 atom stereocenters. The maximum Gasteiger partial charge on any atom is 0.268 e. The van der Waals surface area contributed by atoms with Gasteiger partial charge in [-0.25, -0.2) is 0 Å². The van der Waals surface area contributed by atoms with Gasteiger partial charge in [0, 0.05) is 44.8 Å². The molecular formula is C21H27N3O. The zero-order chi connectivity index (χ0) is 17.2. The summed E-state index contributed by atoms with van der Waals surface area (Å²) < 4.78 is 2.11. The lowest BCUT2D eigenvalue weighted by Crippen LogP contribution is -2.34. The predicted octanol–water partition coefficient (Wildman–Crippen LogP) is 3.26. The van der Waals surface area contributed by atoms with Crippen LogP contribution >= 0.6 is 0 Å². The summed E-state index contributed by atoms with van der Waals surface area (Å²) in [4.78, 5) is 15.1. The lowest BCUT2D eigenvalue weighted by molar-refractivity contribution is 0.0929. The Balaban J connectivity index is 1.46. The molecule has 2 aromatic rings. The average molecular weight is 337 g/mol. The van der Waals surface area contributed by atoms with E-state index in [4.69, 9.17) is 0 Å². The number of fused-ring (bicyclic) bond motifs is 1. The zero-order valence-electron chi connectivity index (χ0n) is 15.0. The van der Waals surface area contributed by atoms with Crippen LogP contribution in [0.4, 0.5) is 0 Å². The summed E-state index contributed by atoms with van der Waals surface area (Å²) >= 11 is 0. The van der Waals surface area contributed by atoms with E-state index in [0.29, 0.717) is 6.04 Å². The van der Waals surface area contributed by atoms with Crippen LogP contribution in [0.1, 0.15) is 53.0 Å². The topological polar surface area (TPSA) is 37.3 Å². The first kappa shape index (κ1) is 16.4. The minimum absolute atomic E-state index is 0.0957. The number of rotatable bonds is 4. The summed E-state index contributed by atoms with van der Waals surface area (Å²) in [6, 6.07) is 13.1. The van der Waals surface area contributed by atoms with Crippen LogP contribution in [0.3, 0.4) is 0 Å². The molecule has 0 saturated heterocycles. The van der Waals surface area contributed by atoms with Gasteiger partial charge in [-0.3, -0.25) is 9.69 Å². The van der Waals surface area contributed by atoms with Gasteiger partial charge in [-0.2, -0.15) is 0 Å². The third kappa shape index (κ3) is 3.49. The largest absolute Gasteiger partial charge is 0.348 e. The summed E-state index contributed by atoms with van der Waals surface area (Å²) in [6.45, 7) is 2.94. The molecular weight excluding hydrogens is 310 g/mol. The van der Waals surface area contributed by atoms with Gasteiger partial charge in [-0.1, -0.05) is 43.2 Å². The summed E-state index contributed by atoms with van der Waals surface area (Å²) in [5.74, 6) is 0.0957. The number of hydrogen-bond acceptors (Lipinski definition) is 2. The molecule has 1 aromatic heterocycles. The van der Waals surface area contributed by atoms with E-state index >= 15 is 0 Å². The molecule has 25 heavy (non-hydrogen) atoms. The van der Waals surface area contributed by atoms with Crippen LogP contribution in [-0.2, 0) is 26.6 Å². The van der Waals surface area contributed by atoms with E-state index in [2.05, 4.69) is 51.2 Å². The quantitative estimate of drug-likeness (QED) is 0.930. The Bertz CT molecular complexity index is 744. The van der Waals surface area contributed by atoms with Gasteiger partial charge in [0.1, 0.15) is 5.69 Å². The highest BCUT2D eigenvalue weighted by Crippen LogP contribution is 2.24. The Morgan fingerprint density at radius 2 is 1.96 bits per heavy atom. The second-order valence-electron chi connectivity index (χ2n) is 7.46. The highest BCUT2D eigenvalue weighted by Gasteiger charge is 2.25. The maximum absolute atomic E-state index is 12.7. The van der Waals surface area contributed by atoms with Crippen molar-refractivity contribution in [2.24, 2.45) is 7.05 Å². The average Bonchev–Trinajstić information content (AvgIpc) is 3.24. The third-order valence-electron chi connectivity index (χ3n) is 5.68. The molecule has 0 radical (unpaired) electrons. The SMILES string of the molecule is Cn1c(C(=O)NC2CCCC2)cc2c1CCN(Cc1ccccc1)C2. The maximum atomic E-state index is 12.7. The van der Waals surface area contributed by atoms with Crippen molar-refractivity contribution in [2.75, 3.05) is 6.54 Å². The first-order chi connectivity index (χ1) is 12.2. The Kier molecular flexibility index (Phi) is 4.62. The highest BCUT2D eigenvalue weighted by atomic mass is 16.2. The summed E-state index contributed by atoms with van der Waals surface area (Å²) in [5.41, 5.74) is 4.79. The Morgan fingerprint density at radius 3 is 2.72 bits per heavy atom. The standard InChI is InChI=1S/C21H27N3O/c1-23-19-11-12-24(14-16-7-3-2-4-8-16)15-17(19)13-20(23)21(25)22-18-9-5-6-10-18/h2-4,7-8,13,18H,5-6,9-12,14-15H2,1H3,(H,22,25). The zero-order valence-corrected chi connectivity index (χ0v) is 15.0. The number of carbonyl (C=O) groups is 1. The van der Waals surface area contributed by atoms with Gasteiger partial charge in [0.2, 0.25) is 0 Å². The molecule has 1 fully saturated rings. The molecule has 2 heterocycles. The van der Waals surface area contributed by atoms with Crippen molar-refractivity contribution >= 4 is 5.91 Å². The number of amides is 1. The molecule has 4 rings (SSSR count). The van der Waals surface area contributed by atoms with Crippen molar-refractivity contribution in [3.05, 3.63) is 58.9 Å². The second-order valence-corrected chi connectivity index (χ2v) is 7.46. The smallest absolute Gasteiger partial charge is 0.268 e. The van der Waals surface area contributed by atoms with E-state index < -0.39 is 0 Å². The van der Waals surface area contributed by atoms with E-state index in [-0.39, 0.29) is 5.91 Å². The number of hydrogen-bond donors (Lipinski definition) is 1. The summed E-state index contributed by atoms with van der Waals surface area (Å²) in [6.07, 6.45) is 5.74. The number of nitrogens with one attached hydrogen (secondary N) is 1. The Morgan fingerprint density at radius 1 is 1.20 bits per heavy atom. The fraction of sp³-hybridized carbons (Fsp3) is 0.476.